The molecule has 27 heavy (non-hydrogen) atoms. The van der Waals surface area contributed by atoms with E-state index >= 15 is 0 Å². The quantitative estimate of drug-likeness (QED) is 0.703. The van der Waals surface area contributed by atoms with E-state index in [1.54, 1.807) is 23.1 Å². The lowest BCUT2D eigenvalue weighted by Crippen LogP contribution is -2.30. The second-order valence-corrected chi connectivity index (χ2v) is 8.22. The van der Waals surface area contributed by atoms with Gasteiger partial charge in [-0.25, -0.2) is 0 Å². The molecule has 2 heterocycles. The van der Waals surface area contributed by atoms with Gasteiger partial charge in [-0.1, -0.05) is 31.2 Å². The molecule has 1 amide bonds. The largest absolute Gasteiger partial charge is 0.353 e. The number of anilines is 1. The first-order valence-electron chi connectivity index (χ1n) is 8.80. The Morgan fingerprint density at radius 1 is 1.30 bits per heavy atom. The van der Waals surface area contributed by atoms with Gasteiger partial charge in [0.25, 0.3) is 5.91 Å². The Morgan fingerprint density at radius 3 is 2.70 bits per heavy atom. The highest BCUT2D eigenvalue weighted by atomic mass is 32.2. The highest BCUT2D eigenvalue weighted by Gasteiger charge is 2.35. The molecule has 0 spiro atoms. The lowest BCUT2D eigenvalue weighted by atomic mass is 9.86. The minimum absolute atomic E-state index is 0.183. The number of carbonyl (C=O) groups excluding carboxylic acids is 1. The molecule has 138 valence electrons. The fourth-order valence-electron chi connectivity index (χ4n) is 2.99. The first-order chi connectivity index (χ1) is 13.2. The number of dihydropyridines is 1. The number of thioether (sulfide) groups is 1. The fourth-order valence-corrected chi connectivity index (χ4v) is 4.79. The van der Waals surface area contributed by atoms with Gasteiger partial charge in [-0.2, -0.15) is 5.26 Å². The van der Waals surface area contributed by atoms with Crippen molar-refractivity contribution in [2.24, 2.45) is 0 Å². The normalized spacial score (nSPS) is 16.7. The van der Waals surface area contributed by atoms with Crippen LogP contribution in [0.15, 0.2) is 69.7 Å². The van der Waals surface area contributed by atoms with E-state index in [4.69, 9.17) is 0 Å². The molecule has 0 saturated carbocycles. The summed E-state index contributed by atoms with van der Waals surface area (Å²) in [6.07, 6.45) is 1.02. The van der Waals surface area contributed by atoms with Crippen molar-refractivity contribution in [3.63, 3.8) is 0 Å². The monoisotopic (exact) mass is 395 g/mol. The molecule has 1 aromatic heterocycles. The molecule has 1 aliphatic rings. The SMILES string of the molecule is CCCSC1=C(C#N)[C@@H](c2cccs2)C(C(=O)Nc2ccccc2)=C(C)N1. The Balaban J connectivity index is 2.01. The van der Waals surface area contributed by atoms with E-state index in [0.29, 0.717) is 11.1 Å². The van der Waals surface area contributed by atoms with Crippen LogP contribution >= 0.6 is 23.1 Å². The summed E-state index contributed by atoms with van der Waals surface area (Å²) in [5, 5.41) is 19.0. The molecule has 3 rings (SSSR count). The van der Waals surface area contributed by atoms with Gasteiger partial charge in [0.2, 0.25) is 0 Å². The summed E-state index contributed by atoms with van der Waals surface area (Å²) in [4.78, 5) is 14.1. The number of para-hydroxylation sites is 1. The van der Waals surface area contributed by atoms with Gasteiger partial charge in [-0.05, 0) is 42.7 Å². The molecule has 0 unspecified atom stereocenters. The smallest absolute Gasteiger partial charge is 0.254 e. The molecule has 0 fully saturated rings. The van der Waals surface area contributed by atoms with Crippen molar-refractivity contribution in [2.45, 2.75) is 26.2 Å². The molecule has 2 N–H and O–H groups in total. The van der Waals surface area contributed by atoms with E-state index in [0.717, 1.165) is 33.5 Å². The Kier molecular flexibility index (Phi) is 6.38. The molecular weight excluding hydrogens is 374 g/mol. The number of amides is 1. The summed E-state index contributed by atoms with van der Waals surface area (Å²) in [7, 11) is 0. The first kappa shape index (κ1) is 19.3. The lowest BCUT2D eigenvalue weighted by Gasteiger charge is -2.29. The van der Waals surface area contributed by atoms with E-state index in [2.05, 4.69) is 23.6 Å². The molecule has 1 aromatic carbocycles. The number of nitriles is 1. The number of hydrogen-bond donors (Lipinski definition) is 2. The zero-order valence-corrected chi connectivity index (χ0v) is 16.9. The summed E-state index contributed by atoms with van der Waals surface area (Å²) in [6, 6.07) is 15.7. The fraction of sp³-hybridized carbons (Fsp3) is 0.238. The van der Waals surface area contributed by atoms with E-state index in [9.17, 15) is 10.1 Å². The Hall–Kier alpha value is -2.49. The lowest BCUT2D eigenvalue weighted by molar-refractivity contribution is -0.113. The maximum atomic E-state index is 13.1. The van der Waals surface area contributed by atoms with Crippen LogP contribution in [0.3, 0.4) is 0 Å². The molecule has 0 radical (unpaired) electrons. The molecule has 0 aliphatic carbocycles. The average Bonchev–Trinajstić information content (AvgIpc) is 3.20. The molecule has 1 aliphatic heterocycles. The van der Waals surface area contributed by atoms with Crippen LogP contribution < -0.4 is 10.6 Å². The second kappa shape index (κ2) is 8.94. The van der Waals surface area contributed by atoms with Gasteiger partial charge in [-0.3, -0.25) is 4.79 Å². The van der Waals surface area contributed by atoms with Crippen molar-refractivity contribution in [2.75, 3.05) is 11.1 Å². The Labute approximate surface area is 168 Å². The highest BCUT2D eigenvalue weighted by molar-refractivity contribution is 8.03. The number of carbonyl (C=O) groups is 1. The van der Waals surface area contributed by atoms with Crippen molar-refractivity contribution >= 4 is 34.7 Å². The van der Waals surface area contributed by atoms with Gasteiger partial charge in [0.1, 0.15) is 0 Å². The second-order valence-electron chi connectivity index (χ2n) is 6.14. The standard InChI is InChI=1S/C21H21N3OS2/c1-3-11-27-21-16(13-22)19(17-10-7-12-26-17)18(14(2)23-21)20(25)24-15-8-5-4-6-9-15/h4-10,12,19,23H,3,11H2,1-2H3,(H,24,25)/t19-/m0/s1. The van der Waals surface area contributed by atoms with Crippen molar-refractivity contribution < 1.29 is 4.79 Å². The van der Waals surface area contributed by atoms with Crippen LogP contribution in [0.5, 0.6) is 0 Å². The topological polar surface area (TPSA) is 64.9 Å². The highest BCUT2D eigenvalue weighted by Crippen LogP contribution is 2.42. The van der Waals surface area contributed by atoms with Gasteiger partial charge in [-0.15, -0.1) is 23.1 Å². The number of benzene rings is 1. The van der Waals surface area contributed by atoms with Crippen molar-refractivity contribution in [1.82, 2.24) is 5.32 Å². The maximum Gasteiger partial charge on any atom is 0.254 e. The summed E-state index contributed by atoms with van der Waals surface area (Å²) in [5.41, 5.74) is 2.74. The van der Waals surface area contributed by atoms with E-state index in [1.807, 2.05) is 54.8 Å². The third kappa shape index (κ3) is 4.26. The number of nitrogens with one attached hydrogen (secondary N) is 2. The number of rotatable bonds is 6. The molecular formula is C21H21N3OS2. The zero-order valence-electron chi connectivity index (χ0n) is 15.3. The van der Waals surface area contributed by atoms with Crippen LogP contribution in [0, 0.1) is 11.3 Å². The van der Waals surface area contributed by atoms with E-state index in [1.165, 1.54) is 0 Å². The van der Waals surface area contributed by atoms with Crippen LogP contribution in [0.1, 0.15) is 31.1 Å². The average molecular weight is 396 g/mol. The van der Waals surface area contributed by atoms with E-state index in [-0.39, 0.29) is 11.8 Å². The van der Waals surface area contributed by atoms with Gasteiger partial charge >= 0.3 is 0 Å². The van der Waals surface area contributed by atoms with Crippen molar-refractivity contribution in [3.8, 4) is 6.07 Å². The van der Waals surface area contributed by atoms with Crippen molar-refractivity contribution in [1.29, 1.82) is 5.26 Å². The molecule has 6 heteroatoms. The van der Waals surface area contributed by atoms with Gasteiger partial charge in [0.05, 0.1) is 22.6 Å². The first-order valence-corrected chi connectivity index (χ1v) is 10.7. The van der Waals surface area contributed by atoms with Crippen LogP contribution in [-0.2, 0) is 4.79 Å². The van der Waals surface area contributed by atoms with Gasteiger partial charge in [0, 0.05) is 21.8 Å². The summed E-state index contributed by atoms with van der Waals surface area (Å²) >= 11 is 3.20. The molecule has 4 nitrogen and oxygen atoms in total. The number of nitrogens with zero attached hydrogens (tertiary/aromatic N) is 1. The Bertz CT molecular complexity index is 909. The molecule has 0 saturated heterocycles. The van der Waals surface area contributed by atoms with Crippen LogP contribution in [0.25, 0.3) is 0 Å². The minimum atomic E-state index is -0.348. The Morgan fingerprint density at radius 2 is 2.07 bits per heavy atom. The summed E-state index contributed by atoms with van der Waals surface area (Å²) < 4.78 is 0. The predicted octanol–water partition coefficient (Wildman–Crippen LogP) is 5.23. The molecule has 0 bridgehead atoms. The van der Waals surface area contributed by atoms with Crippen LogP contribution in [-0.4, -0.2) is 11.7 Å². The number of thiophene rings is 1. The number of hydrogen-bond acceptors (Lipinski definition) is 5. The summed E-state index contributed by atoms with van der Waals surface area (Å²) in [5.74, 6) is 0.389. The maximum absolute atomic E-state index is 13.1. The van der Waals surface area contributed by atoms with Crippen LogP contribution in [0.4, 0.5) is 5.69 Å². The van der Waals surface area contributed by atoms with Crippen LogP contribution in [0.2, 0.25) is 0 Å². The molecule has 1 atom stereocenters. The summed E-state index contributed by atoms with van der Waals surface area (Å²) in [6.45, 7) is 4.02. The van der Waals surface area contributed by atoms with Gasteiger partial charge < -0.3 is 10.6 Å². The predicted molar refractivity (Wildman–Crippen MR) is 113 cm³/mol. The number of allylic oxidation sites excluding steroid dienone is 2. The third-order valence-electron chi connectivity index (χ3n) is 4.20. The van der Waals surface area contributed by atoms with E-state index < -0.39 is 0 Å². The van der Waals surface area contributed by atoms with Gasteiger partial charge in [0.15, 0.2) is 0 Å². The third-order valence-corrected chi connectivity index (χ3v) is 6.36. The zero-order chi connectivity index (χ0) is 19.2. The molecule has 2 aromatic rings. The van der Waals surface area contributed by atoms with Crippen molar-refractivity contribution in [3.05, 3.63) is 74.6 Å². The minimum Gasteiger partial charge on any atom is -0.353 e.